The summed E-state index contributed by atoms with van der Waals surface area (Å²) in [4.78, 5) is -0.246. The average Bonchev–Trinajstić information content (AvgIpc) is 2.38. The van der Waals surface area contributed by atoms with E-state index < -0.39 is 10.1 Å². The Labute approximate surface area is 117 Å². The van der Waals surface area contributed by atoms with Crippen LogP contribution in [-0.2, 0) is 19.6 Å². The van der Waals surface area contributed by atoms with Gasteiger partial charge < -0.3 is 18.9 Å². The summed E-state index contributed by atoms with van der Waals surface area (Å²) in [6.07, 6.45) is 0. The first kappa shape index (κ1) is 15.0. The molecule has 1 N–H and O–H groups in total. The molecule has 0 unspecified atom stereocenters. The van der Waals surface area contributed by atoms with E-state index in [1.54, 1.807) is 0 Å². The Balaban J connectivity index is 2.20. The first-order valence-electron chi connectivity index (χ1n) is 6.10. The maximum absolute atomic E-state index is 11.1. The molecule has 8 heteroatoms. The van der Waals surface area contributed by atoms with E-state index >= 15 is 0 Å². The molecule has 0 bridgehead atoms. The molecule has 1 aromatic carbocycles. The lowest BCUT2D eigenvalue weighted by Crippen LogP contribution is -2.16. The van der Waals surface area contributed by atoms with Gasteiger partial charge in [-0.1, -0.05) is 0 Å². The van der Waals surface area contributed by atoms with E-state index in [0.717, 1.165) is 0 Å². The van der Waals surface area contributed by atoms with Gasteiger partial charge in [0.2, 0.25) is 0 Å². The highest BCUT2D eigenvalue weighted by molar-refractivity contribution is 7.85. The van der Waals surface area contributed by atoms with Crippen LogP contribution >= 0.6 is 0 Å². The fraction of sp³-hybridized carbons (Fsp3) is 0.500. The summed E-state index contributed by atoms with van der Waals surface area (Å²) < 4.78 is 52.7. The highest BCUT2D eigenvalue weighted by atomic mass is 32.2. The van der Waals surface area contributed by atoms with Gasteiger partial charge in [-0.3, -0.25) is 4.55 Å². The van der Waals surface area contributed by atoms with Crippen LogP contribution in [0.15, 0.2) is 23.1 Å². The molecule has 0 aromatic heterocycles. The van der Waals surface area contributed by atoms with Gasteiger partial charge in [0, 0.05) is 6.07 Å². The Kier molecular flexibility index (Phi) is 5.18. The summed E-state index contributed by atoms with van der Waals surface area (Å²) in [5, 5.41) is 0. The zero-order valence-electron chi connectivity index (χ0n) is 10.8. The summed E-state index contributed by atoms with van der Waals surface area (Å²) >= 11 is 0. The first-order valence-corrected chi connectivity index (χ1v) is 7.54. The fourth-order valence-electron chi connectivity index (χ4n) is 1.62. The van der Waals surface area contributed by atoms with Crippen molar-refractivity contribution in [2.75, 3.05) is 39.6 Å². The third-order valence-corrected chi connectivity index (χ3v) is 3.41. The van der Waals surface area contributed by atoms with E-state index in [9.17, 15) is 8.42 Å². The molecule has 1 aliphatic rings. The molecule has 2 rings (SSSR count). The summed E-state index contributed by atoms with van der Waals surface area (Å²) in [6, 6.07) is 3.91. The molecule has 0 saturated heterocycles. The van der Waals surface area contributed by atoms with Crippen LogP contribution in [-0.4, -0.2) is 52.6 Å². The number of hydrogen-bond acceptors (Lipinski definition) is 6. The number of rotatable bonds is 1. The minimum absolute atomic E-state index is 0.240. The molecule has 0 amide bonds. The molecule has 1 aliphatic heterocycles. The molecule has 7 nitrogen and oxygen atoms in total. The molecule has 20 heavy (non-hydrogen) atoms. The van der Waals surface area contributed by atoms with Crippen molar-refractivity contribution in [2.24, 2.45) is 0 Å². The summed E-state index contributed by atoms with van der Waals surface area (Å²) in [7, 11) is -4.28. The van der Waals surface area contributed by atoms with Crippen LogP contribution in [0.1, 0.15) is 0 Å². The van der Waals surface area contributed by atoms with Crippen molar-refractivity contribution in [3.8, 4) is 11.5 Å². The van der Waals surface area contributed by atoms with E-state index in [4.69, 9.17) is 23.5 Å². The molecule has 0 saturated carbocycles. The van der Waals surface area contributed by atoms with Gasteiger partial charge in [-0.2, -0.15) is 8.42 Å². The largest absolute Gasteiger partial charge is 0.487 e. The average molecular weight is 304 g/mol. The standard InChI is InChI=1S/C12H16O7S/c13-20(14,15)10-1-2-11-12(9-10)19-8-6-17-4-3-16-5-7-18-11/h1-2,9H,3-8H2,(H,13,14,15). The molecule has 0 spiro atoms. The Morgan fingerprint density at radius 2 is 1.40 bits per heavy atom. The third-order valence-electron chi connectivity index (χ3n) is 2.56. The molecule has 0 aliphatic carbocycles. The maximum atomic E-state index is 11.1. The van der Waals surface area contributed by atoms with Crippen LogP contribution < -0.4 is 9.47 Å². The Morgan fingerprint density at radius 1 is 0.850 bits per heavy atom. The van der Waals surface area contributed by atoms with Gasteiger partial charge in [0.25, 0.3) is 10.1 Å². The van der Waals surface area contributed by atoms with Gasteiger partial charge in [-0.25, -0.2) is 0 Å². The van der Waals surface area contributed by atoms with Crippen molar-refractivity contribution in [3.05, 3.63) is 18.2 Å². The van der Waals surface area contributed by atoms with Crippen LogP contribution in [0.25, 0.3) is 0 Å². The van der Waals surface area contributed by atoms with E-state index in [-0.39, 0.29) is 17.3 Å². The highest BCUT2D eigenvalue weighted by Gasteiger charge is 2.15. The van der Waals surface area contributed by atoms with Crippen molar-refractivity contribution in [1.82, 2.24) is 0 Å². The monoisotopic (exact) mass is 304 g/mol. The Morgan fingerprint density at radius 3 is 2.00 bits per heavy atom. The molecule has 112 valence electrons. The first-order chi connectivity index (χ1) is 9.57. The predicted octanol–water partition coefficient (Wildman–Crippen LogP) is 0.738. The van der Waals surface area contributed by atoms with E-state index in [0.29, 0.717) is 38.8 Å². The van der Waals surface area contributed by atoms with Crippen LogP contribution in [0.5, 0.6) is 11.5 Å². The Hall–Kier alpha value is -1.35. The molecule has 0 atom stereocenters. The van der Waals surface area contributed by atoms with Crippen molar-refractivity contribution < 1.29 is 31.9 Å². The van der Waals surface area contributed by atoms with Gasteiger partial charge in [0.05, 0.1) is 31.3 Å². The molecular weight excluding hydrogens is 288 g/mol. The van der Waals surface area contributed by atoms with Gasteiger partial charge in [0.1, 0.15) is 13.2 Å². The van der Waals surface area contributed by atoms with Gasteiger partial charge in [-0.05, 0) is 12.1 Å². The SMILES string of the molecule is O=S(=O)(O)c1ccc2c(c1)OCCOCCOCCO2. The van der Waals surface area contributed by atoms with Crippen LogP contribution in [0.3, 0.4) is 0 Å². The second kappa shape index (κ2) is 6.89. The zero-order valence-corrected chi connectivity index (χ0v) is 11.6. The molecule has 1 heterocycles. The van der Waals surface area contributed by atoms with Gasteiger partial charge in [-0.15, -0.1) is 0 Å². The maximum Gasteiger partial charge on any atom is 0.294 e. The summed E-state index contributed by atoms with van der Waals surface area (Å²) in [6.45, 7) is 2.23. The second-order valence-corrected chi connectivity index (χ2v) is 5.43. The third kappa shape index (κ3) is 4.34. The normalized spacial score (nSPS) is 17.9. The minimum atomic E-state index is -4.28. The number of ether oxygens (including phenoxy) is 4. The number of hydrogen-bond donors (Lipinski definition) is 1. The highest BCUT2D eigenvalue weighted by Crippen LogP contribution is 2.30. The lowest BCUT2D eigenvalue weighted by atomic mass is 10.3. The lowest BCUT2D eigenvalue weighted by Gasteiger charge is -2.15. The topological polar surface area (TPSA) is 91.3 Å². The van der Waals surface area contributed by atoms with E-state index in [2.05, 4.69) is 0 Å². The van der Waals surface area contributed by atoms with E-state index in [1.165, 1.54) is 18.2 Å². The second-order valence-electron chi connectivity index (χ2n) is 4.01. The van der Waals surface area contributed by atoms with Gasteiger partial charge in [0.15, 0.2) is 11.5 Å². The fourth-order valence-corrected chi connectivity index (χ4v) is 2.12. The minimum Gasteiger partial charge on any atom is -0.487 e. The lowest BCUT2D eigenvalue weighted by molar-refractivity contribution is 0.0223. The number of benzene rings is 1. The quantitative estimate of drug-likeness (QED) is 0.765. The molecule has 0 fully saturated rings. The summed E-state index contributed by atoms with van der Waals surface area (Å²) in [5.74, 6) is 0.630. The molecular formula is C12H16O7S. The van der Waals surface area contributed by atoms with Crippen molar-refractivity contribution in [1.29, 1.82) is 0 Å². The van der Waals surface area contributed by atoms with Crippen LogP contribution in [0, 0.1) is 0 Å². The van der Waals surface area contributed by atoms with Crippen LogP contribution in [0.4, 0.5) is 0 Å². The molecule has 1 aromatic rings. The smallest absolute Gasteiger partial charge is 0.294 e. The van der Waals surface area contributed by atoms with E-state index in [1.807, 2.05) is 0 Å². The Bertz CT molecular complexity index is 541. The zero-order chi connectivity index (χ0) is 14.4. The van der Waals surface area contributed by atoms with Crippen molar-refractivity contribution in [2.45, 2.75) is 4.90 Å². The number of fused-ring (bicyclic) bond motifs is 1. The molecule has 0 radical (unpaired) electrons. The summed E-state index contributed by atoms with van der Waals surface area (Å²) in [5.41, 5.74) is 0. The van der Waals surface area contributed by atoms with Gasteiger partial charge >= 0.3 is 0 Å². The van der Waals surface area contributed by atoms with Crippen molar-refractivity contribution in [3.63, 3.8) is 0 Å². The predicted molar refractivity (Wildman–Crippen MR) is 68.9 cm³/mol. The van der Waals surface area contributed by atoms with Crippen molar-refractivity contribution >= 4 is 10.1 Å². The van der Waals surface area contributed by atoms with Crippen LogP contribution in [0.2, 0.25) is 0 Å².